The van der Waals surface area contributed by atoms with Gasteiger partial charge in [-0.1, -0.05) is 30.9 Å². The zero-order valence-corrected chi connectivity index (χ0v) is 15.1. The van der Waals surface area contributed by atoms with Crippen LogP contribution in [0.3, 0.4) is 0 Å². The highest BCUT2D eigenvalue weighted by Crippen LogP contribution is 2.28. The fourth-order valence-corrected chi connectivity index (χ4v) is 2.59. The Morgan fingerprint density at radius 3 is 2.38 bits per heavy atom. The molecule has 0 aromatic rings. The summed E-state index contributed by atoms with van der Waals surface area (Å²) in [5.74, 6) is 0.625. The predicted octanol–water partition coefficient (Wildman–Crippen LogP) is 3.72. The van der Waals surface area contributed by atoms with Crippen LogP contribution in [-0.2, 0) is 0 Å². The van der Waals surface area contributed by atoms with E-state index in [0.717, 1.165) is 31.3 Å². The normalized spacial score (nSPS) is 15.8. The van der Waals surface area contributed by atoms with Crippen molar-refractivity contribution in [1.29, 1.82) is 0 Å². The molecule has 0 saturated carbocycles. The number of nitrogens with two attached hydrogens (primary N) is 2. The molecule has 4 heteroatoms. The highest BCUT2D eigenvalue weighted by Gasteiger charge is 2.20. The van der Waals surface area contributed by atoms with Crippen LogP contribution < -0.4 is 11.5 Å². The third kappa shape index (κ3) is 9.38. The zero-order chi connectivity index (χ0) is 18.6. The first-order chi connectivity index (χ1) is 11.3. The lowest BCUT2D eigenvalue weighted by Crippen LogP contribution is -2.21. The molecule has 0 aromatic carbocycles. The molecule has 0 aliphatic heterocycles. The maximum atomic E-state index is 10.3. The van der Waals surface area contributed by atoms with E-state index >= 15 is 0 Å². The summed E-state index contributed by atoms with van der Waals surface area (Å²) in [4.78, 5) is 0. The minimum absolute atomic E-state index is 0.0399. The summed E-state index contributed by atoms with van der Waals surface area (Å²) < 4.78 is 0. The number of hydrogen-bond acceptors (Lipinski definition) is 4. The van der Waals surface area contributed by atoms with E-state index in [-0.39, 0.29) is 5.76 Å². The topological polar surface area (TPSA) is 92.5 Å². The molecule has 0 radical (unpaired) electrons. The van der Waals surface area contributed by atoms with E-state index in [0.29, 0.717) is 18.4 Å². The summed E-state index contributed by atoms with van der Waals surface area (Å²) >= 11 is 0. The van der Waals surface area contributed by atoms with Crippen LogP contribution in [0.5, 0.6) is 0 Å². The first-order valence-electron chi connectivity index (χ1n) is 8.44. The van der Waals surface area contributed by atoms with Crippen LogP contribution in [0.2, 0.25) is 0 Å². The summed E-state index contributed by atoms with van der Waals surface area (Å²) in [7, 11) is 0. The van der Waals surface area contributed by atoms with Crippen molar-refractivity contribution < 1.29 is 10.2 Å². The molecule has 136 valence electrons. The number of allylic oxidation sites excluding steroid dienone is 4. The fraction of sp³-hybridized carbons (Fsp3) is 0.500. The van der Waals surface area contributed by atoms with Crippen LogP contribution in [-0.4, -0.2) is 22.4 Å². The number of aliphatic hydroxyl groups excluding tert-OH is 1. The lowest BCUT2D eigenvalue weighted by molar-refractivity contribution is 0.123. The number of rotatable bonds is 12. The Kier molecular flexibility index (Phi) is 10.8. The number of aliphatic hydroxyl groups is 2. The van der Waals surface area contributed by atoms with E-state index in [2.05, 4.69) is 13.2 Å². The lowest BCUT2D eigenvalue weighted by atomic mass is 9.82. The van der Waals surface area contributed by atoms with Gasteiger partial charge in [0.25, 0.3) is 0 Å². The molecule has 0 saturated heterocycles. The molecular formula is C20H34N2O2. The van der Waals surface area contributed by atoms with Gasteiger partial charge in [-0.05, 0) is 75.8 Å². The van der Waals surface area contributed by atoms with Gasteiger partial charge in [-0.15, -0.1) is 6.58 Å². The Balaban J connectivity index is 5.32. The van der Waals surface area contributed by atoms with E-state index in [9.17, 15) is 10.2 Å². The first kappa shape index (κ1) is 22.2. The molecule has 2 atom stereocenters. The van der Waals surface area contributed by atoms with Crippen molar-refractivity contribution in [1.82, 2.24) is 0 Å². The van der Waals surface area contributed by atoms with Gasteiger partial charge in [0, 0.05) is 0 Å². The highest BCUT2D eigenvalue weighted by atomic mass is 16.3. The van der Waals surface area contributed by atoms with Gasteiger partial charge in [-0.25, -0.2) is 0 Å². The van der Waals surface area contributed by atoms with Crippen molar-refractivity contribution in [3.63, 3.8) is 0 Å². The van der Waals surface area contributed by atoms with E-state index in [4.69, 9.17) is 11.5 Å². The number of hydrogen-bond donors (Lipinski definition) is 4. The van der Waals surface area contributed by atoms with Gasteiger partial charge in [0.1, 0.15) is 5.76 Å². The van der Waals surface area contributed by atoms with Crippen molar-refractivity contribution in [2.24, 2.45) is 23.3 Å². The maximum absolute atomic E-state index is 10.3. The van der Waals surface area contributed by atoms with Crippen molar-refractivity contribution in [2.45, 2.75) is 45.1 Å². The van der Waals surface area contributed by atoms with E-state index in [1.807, 2.05) is 18.2 Å². The van der Waals surface area contributed by atoms with Gasteiger partial charge in [0.15, 0.2) is 0 Å². The second kappa shape index (κ2) is 11.7. The van der Waals surface area contributed by atoms with Gasteiger partial charge in [0.2, 0.25) is 0 Å². The molecule has 24 heavy (non-hydrogen) atoms. The molecule has 0 aromatic heterocycles. The summed E-state index contributed by atoms with van der Waals surface area (Å²) in [5, 5.41) is 19.6. The van der Waals surface area contributed by atoms with Crippen molar-refractivity contribution in [3.05, 3.63) is 61.1 Å². The van der Waals surface area contributed by atoms with Crippen LogP contribution in [0.4, 0.5) is 0 Å². The minimum Gasteiger partial charge on any atom is -0.509 e. The first-order valence-corrected chi connectivity index (χ1v) is 8.44. The molecule has 0 bridgehead atoms. The summed E-state index contributed by atoms with van der Waals surface area (Å²) in [6.07, 6.45) is 14.2. The predicted molar refractivity (Wildman–Crippen MR) is 103 cm³/mol. The standard InChI is InChI=1S/C20H34N2O2/c1-5-17(8-6-14-21)18(9-7-15-22)11-13-19(20(3,4)24)12-10-16(2)23/h5-6,10,12-14,17-18,23-24H,1-2,7-9,11,15,21-22H2,3-4H3/b12-10-,14-6-,19-13+. The van der Waals surface area contributed by atoms with Gasteiger partial charge in [-0.3, -0.25) is 0 Å². The van der Waals surface area contributed by atoms with Crippen molar-refractivity contribution in [3.8, 4) is 0 Å². The third-order valence-electron chi connectivity index (χ3n) is 4.03. The average molecular weight is 335 g/mol. The Bertz CT molecular complexity index is 471. The molecule has 0 aliphatic rings. The quantitative estimate of drug-likeness (QED) is 0.249. The molecule has 0 aliphatic carbocycles. The molecule has 4 nitrogen and oxygen atoms in total. The molecule has 0 spiro atoms. The Hall–Kier alpha value is -1.78. The molecule has 0 rings (SSSR count). The van der Waals surface area contributed by atoms with Crippen molar-refractivity contribution in [2.75, 3.05) is 6.54 Å². The van der Waals surface area contributed by atoms with E-state index < -0.39 is 5.60 Å². The molecule has 2 unspecified atom stereocenters. The average Bonchev–Trinajstić information content (AvgIpc) is 2.50. The second-order valence-corrected chi connectivity index (χ2v) is 6.53. The van der Waals surface area contributed by atoms with Crippen LogP contribution in [0.15, 0.2) is 61.1 Å². The van der Waals surface area contributed by atoms with Gasteiger partial charge < -0.3 is 21.7 Å². The Labute approximate surface area is 146 Å². The fourth-order valence-electron chi connectivity index (χ4n) is 2.59. The second-order valence-electron chi connectivity index (χ2n) is 6.53. The molecule has 0 fully saturated rings. The summed E-state index contributed by atoms with van der Waals surface area (Å²) in [5.41, 5.74) is 10.9. The zero-order valence-electron chi connectivity index (χ0n) is 15.1. The van der Waals surface area contributed by atoms with Crippen molar-refractivity contribution >= 4 is 0 Å². The Morgan fingerprint density at radius 2 is 1.92 bits per heavy atom. The van der Waals surface area contributed by atoms with Crippen LogP contribution in [0, 0.1) is 11.8 Å². The SMILES string of the molecule is C=CC(C/C=C\N)C(C/C=C(\C=C/C(=C)O)C(C)(C)O)CCCN. The third-order valence-corrected chi connectivity index (χ3v) is 4.03. The van der Waals surface area contributed by atoms with E-state index in [1.54, 1.807) is 26.1 Å². The molecule has 6 N–H and O–H groups in total. The molecule has 0 heterocycles. The molecular weight excluding hydrogens is 300 g/mol. The summed E-state index contributed by atoms with van der Waals surface area (Å²) in [6.45, 7) is 11.5. The lowest BCUT2D eigenvalue weighted by Gasteiger charge is -2.25. The van der Waals surface area contributed by atoms with Gasteiger partial charge >= 0.3 is 0 Å². The minimum atomic E-state index is -0.995. The van der Waals surface area contributed by atoms with Crippen LogP contribution >= 0.6 is 0 Å². The molecule has 0 amide bonds. The van der Waals surface area contributed by atoms with Gasteiger partial charge in [-0.2, -0.15) is 0 Å². The van der Waals surface area contributed by atoms with Crippen LogP contribution in [0.25, 0.3) is 0 Å². The largest absolute Gasteiger partial charge is 0.509 e. The Morgan fingerprint density at radius 1 is 1.25 bits per heavy atom. The van der Waals surface area contributed by atoms with E-state index in [1.165, 1.54) is 6.08 Å². The van der Waals surface area contributed by atoms with Crippen LogP contribution in [0.1, 0.15) is 39.5 Å². The maximum Gasteiger partial charge on any atom is 0.108 e. The highest BCUT2D eigenvalue weighted by molar-refractivity contribution is 5.30. The monoisotopic (exact) mass is 334 g/mol. The van der Waals surface area contributed by atoms with Gasteiger partial charge in [0.05, 0.1) is 5.60 Å². The smallest absolute Gasteiger partial charge is 0.108 e. The summed E-state index contributed by atoms with van der Waals surface area (Å²) in [6, 6.07) is 0.